The molecule has 0 fully saturated rings. The Morgan fingerprint density at radius 1 is 1.20 bits per heavy atom. The van der Waals surface area contributed by atoms with Crippen LogP contribution in [0.15, 0.2) is 56.6 Å². The molecule has 4 aromatic rings. The van der Waals surface area contributed by atoms with Crippen LogP contribution >= 0.6 is 22.7 Å². The third-order valence-corrected chi connectivity index (χ3v) is 5.74. The zero-order chi connectivity index (χ0) is 17.2. The first kappa shape index (κ1) is 16.3. The highest BCUT2D eigenvalue weighted by Crippen LogP contribution is 2.18. The van der Waals surface area contributed by atoms with E-state index in [1.54, 1.807) is 28.1 Å². The van der Waals surface area contributed by atoms with Gasteiger partial charge in [0.15, 0.2) is 4.96 Å². The third kappa shape index (κ3) is 3.58. The maximum absolute atomic E-state index is 12.4. The van der Waals surface area contributed by atoms with E-state index in [0.717, 1.165) is 28.7 Å². The molecule has 25 heavy (non-hydrogen) atoms. The number of thiophene rings is 1. The average Bonchev–Trinajstić information content (AvgIpc) is 3.31. The fraction of sp³-hybridized carbons (Fsp3) is 0.222. The standard InChI is InChI=1S/C18H17N3O2S2/c1-13-12-25-18-19-14(8-17(22)21(13)18)9-20(10-15-4-2-6-23-15)11-16-5-3-7-24-16/h2-8,12H,9-11H2,1H3. The van der Waals surface area contributed by atoms with Crippen LogP contribution in [0.2, 0.25) is 0 Å². The molecular formula is C18H17N3O2S2. The highest BCUT2D eigenvalue weighted by molar-refractivity contribution is 7.15. The van der Waals surface area contributed by atoms with Crippen molar-refractivity contribution in [3.05, 3.63) is 79.7 Å². The number of thiazole rings is 1. The Labute approximate surface area is 152 Å². The van der Waals surface area contributed by atoms with Crippen LogP contribution in [0.1, 0.15) is 22.0 Å². The highest BCUT2D eigenvalue weighted by atomic mass is 32.1. The van der Waals surface area contributed by atoms with Gasteiger partial charge in [-0.1, -0.05) is 6.07 Å². The number of fused-ring (bicyclic) bond motifs is 1. The Hall–Kier alpha value is -2.22. The van der Waals surface area contributed by atoms with E-state index in [2.05, 4.69) is 27.4 Å². The van der Waals surface area contributed by atoms with Crippen molar-refractivity contribution in [1.82, 2.24) is 14.3 Å². The van der Waals surface area contributed by atoms with E-state index >= 15 is 0 Å². The first-order chi connectivity index (χ1) is 12.2. The molecule has 0 bridgehead atoms. The fourth-order valence-electron chi connectivity index (χ4n) is 2.82. The van der Waals surface area contributed by atoms with Gasteiger partial charge in [0, 0.05) is 35.1 Å². The van der Waals surface area contributed by atoms with Crippen molar-refractivity contribution in [1.29, 1.82) is 0 Å². The molecule has 0 amide bonds. The van der Waals surface area contributed by atoms with Gasteiger partial charge in [-0.3, -0.25) is 14.1 Å². The summed E-state index contributed by atoms with van der Waals surface area (Å²) in [6.45, 7) is 3.99. The van der Waals surface area contributed by atoms with Crippen molar-refractivity contribution in [2.45, 2.75) is 26.6 Å². The Kier molecular flexibility index (Phi) is 4.52. The Bertz CT molecular complexity index is 980. The molecule has 0 unspecified atom stereocenters. The van der Waals surface area contributed by atoms with Crippen molar-refractivity contribution in [2.75, 3.05) is 0 Å². The number of aromatic nitrogens is 2. The third-order valence-electron chi connectivity index (χ3n) is 3.93. The van der Waals surface area contributed by atoms with Gasteiger partial charge in [0.2, 0.25) is 0 Å². The first-order valence-electron chi connectivity index (χ1n) is 7.93. The quantitative estimate of drug-likeness (QED) is 0.515. The van der Waals surface area contributed by atoms with Crippen molar-refractivity contribution in [3.63, 3.8) is 0 Å². The maximum Gasteiger partial charge on any atom is 0.259 e. The summed E-state index contributed by atoms with van der Waals surface area (Å²) in [7, 11) is 0. The van der Waals surface area contributed by atoms with Crippen LogP contribution in [0.4, 0.5) is 0 Å². The molecule has 0 aliphatic rings. The molecule has 0 aromatic carbocycles. The Balaban J connectivity index is 1.62. The molecule has 5 nitrogen and oxygen atoms in total. The van der Waals surface area contributed by atoms with Gasteiger partial charge in [-0.05, 0) is 30.5 Å². The van der Waals surface area contributed by atoms with E-state index in [1.807, 2.05) is 24.4 Å². The minimum absolute atomic E-state index is 0.0205. The molecule has 0 atom stereocenters. The smallest absolute Gasteiger partial charge is 0.259 e. The van der Waals surface area contributed by atoms with Crippen molar-refractivity contribution in [3.8, 4) is 0 Å². The van der Waals surface area contributed by atoms with Crippen LogP contribution in [-0.4, -0.2) is 14.3 Å². The fourth-order valence-corrected chi connectivity index (χ4v) is 4.46. The monoisotopic (exact) mass is 371 g/mol. The summed E-state index contributed by atoms with van der Waals surface area (Å²) in [5, 5.41) is 4.03. The summed E-state index contributed by atoms with van der Waals surface area (Å²) in [5.74, 6) is 0.904. The zero-order valence-corrected chi connectivity index (χ0v) is 15.3. The molecular weight excluding hydrogens is 354 g/mol. The molecule has 0 saturated carbocycles. The summed E-state index contributed by atoms with van der Waals surface area (Å²) in [6.07, 6.45) is 1.68. The summed E-state index contributed by atoms with van der Waals surface area (Å²) >= 11 is 3.22. The number of nitrogens with zero attached hydrogens (tertiary/aromatic N) is 3. The van der Waals surface area contributed by atoms with E-state index in [9.17, 15) is 4.79 Å². The summed E-state index contributed by atoms with van der Waals surface area (Å²) in [4.78, 5) is 21.3. The van der Waals surface area contributed by atoms with Gasteiger partial charge < -0.3 is 4.42 Å². The number of aryl methyl sites for hydroxylation is 1. The van der Waals surface area contributed by atoms with Gasteiger partial charge >= 0.3 is 0 Å². The first-order valence-corrected chi connectivity index (χ1v) is 9.69. The topological polar surface area (TPSA) is 50.8 Å². The van der Waals surface area contributed by atoms with Crippen molar-refractivity contribution in [2.24, 2.45) is 0 Å². The number of rotatable bonds is 6. The van der Waals surface area contributed by atoms with E-state index in [1.165, 1.54) is 16.2 Å². The molecule has 7 heteroatoms. The Morgan fingerprint density at radius 3 is 2.88 bits per heavy atom. The lowest BCUT2D eigenvalue weighted by atomic mass is 10.3. The highest BCUT2D eigenvalue weighted by Gasteiger charge is 2.13. The predicted octanol–water partition coefficient (Wildman–Crippen LogP) is 3.92. The lowest BCUT2D eigenvalue weighted by Gasteiger charge is -2.20. The number of hydrogen-bond acceptors (Lipinski definition) is 6. The summed E-state index contributed by atoms with van der Waals surface area (Å²) < 4.78 is 7.15. The van der Waals surface area contributed by atoms with Crippen LogP contribution in [0.25, 0.3) is 4.96 Å². The van der Waals surface area contributed by atoms with Crippen molar-refractivity contribution < 1.29 is 4.42 Å². The molecule has 4 rings (SSSR count). The molecule has 0 N–H and O–H groups in total. The van der Waals surface area contributed by atoms with Gasteiger partial charge in [-0.15, -0.1) is 22.7 Å². The van der Waals surface area contributed by atoms with Crippen LogP contribution in [0.3, 0.4) is 0 Å². The number of hydrogen-bond donors (Lipinski definition) is 0. The lowest BCUT2D eigenvalue weighted by Crippen LogP contribution is -2.24. The van der Waals surface area contributed by atoms with Gasteiger partial charge in [0.1, 0.15) is 5.76 Å². The SMILES string of the molecule is Cc1csc2nc(CN(Cc3ccco3)Cc3cccs3)cc(=O)n12. The van der Waals surface area contributed by atoms with Crippen LogP contribution in [0.5, 0.6) is 0 Å². The largest absolute Gasteiger partial charge is 0.468 e. The second-order valence-electron chi connectivity index (χ2n) is 5.88. The van der Waals surface area contributed by atoms with E-state index < -0.39 is 0 Å². The molecule has 4 heterocycles. The second kappa shape index (κ2) is 6.95. The minimum Gasteiger partial charge on any atom is -0.468 e. The molecule has 0 spiro atoms. The van der Waals surface area contributed by atoms with Crippen LogP contribution in [-0.2, 0) is 19.6 Å². The molecule has 128 valence electrons. The normalized spacial score (nSPS) is 11.6. The Morgan fingerprint density at radius 2 is 2.12 bits per heavy atom. The maximum atomic E-state index is 12.4. The minimum atomic E-state index is -0.0205. The zero-order valence-electron chi connectivity index (χ0n) is 13.7. The summed E-state index contributed by atoms with van der Waals surface area (Å²) in [6, 6.07) is 9.67. The molecule has 0 aliphatic heterocycles. The van der Waals surface area contributed by atoms with Gasteiger partial charge in [0.25, 0.3) is 5.56 Å². The molecule has 4 aromatic heterocycles. The van der Waals surface area contributed by atoms with Gasteiger partial charge in [-0.2, -0.15) is 0 Å². The van der Waals surface area contributed by atoms with E-state index in [4.69, 9.17) is 4.42 Å². The molecule has 0 radical (unpaired) electrons. The van der Waals surface area contributed by atoms with Crippen LogP contribution < -0.4 is 5.56 Å². The molecule has 0 saturated heterocycles. The van der Waals surface area contributed by atoms with E-state index in [-0.39, 0.29) is 5.56 Å². The van der Waals surface area contributed by atoms with Gasteiger partial charge in [-0.25, -0.2) is 4.98 Å². The van der Waals surface area contributed by atoms with Crippen molar-refractivity contribution >= 4 is 27.6 Å². The molecule has 0 aliphatic carbocycles. The lowest BCUT2D eigenvalue weighted by molar-refractivity contribution is 0.226. The number of furan rings is 1. The van der Waals surface area contributed by atoms with Gasteiger partial charge in [0.05, 0.1) is 18.5 Å². The second-order valence-corrected chi connectivity index (χ2v) is 7.75. The average molecular weight is 371 g/mol. The van der Waals surface area contributed by atoms with E-state index in [0.29, 0.717) is 13.1 Å². The van der Waals surface area contributed by atoms with Crippen LogP contribution in [0, 0.1) is 6.92 Å². The summed E-state index contributed by atoms with van der Waals surface area (Å²) in [5.41, 5.74) is 1.69. The predicted molar refractivity (Wildman–Crippen MR) is 100 cm³/mol.